The van der Waals surface area contributed by atoms with Crippen molar-refractivity contribution < 1.29 is 19.4 Å². The second-order valence-electron chi connectivity index (χ2n) is 4.87. The lowest BCUT2D eigenvalue weighted by Gasteiger charge is -2.41. The first kappa shape index (κ1) is 12.0. The number of fused-ring (bicyclic) bond motifs is 1. The SMILES string of the molecule is C=CCOC(=O)N1CC2CC1(CCC(=O)O)C2. The van der Waals surface area contributed by atoms with E-state index in [-0.39, 0.29) is 24.7 Å². The maximum absolute atomic E-state index is 11.8. The maximum Gasteiger partial charge on any atom is 0.410 e. The Morgan fingerprint density at radius 3 is 2.82 bits per heavy atom. The normalized spacial score (nSPS) is 29.6. The number of aliphatic carboxylic acids is 1. The van der Waals surface area contributed by atoms with Gasteiger partial charge in [0.1, 0.15) is 6.61 Å². The number of hydrogen-bond acceptors (Lipinski definition) is 3. The van der Waals surface area contributed by atoms with E-state index in [1.165, 1.54) is 6.08 Å². The third kappa shape index (κ3) is 2.14. The van der Waals surface area contributed by atoms with Gasteiger partial charge in [-0.05, 0) is 25.2 Å². The summed E-state index contributed by atoms with van der Waals surface area (Å²) < 4.78 is 5.03. The van der Waals surface area contributed by atoms with Gasteiger partial charge in [-0.2, -0.15) is 0 Å². The molecular weight excluding hydrogens is 222 g/mol. The predicted molar refractivity (Wildman–Crippen MR) is 60.6 cm³/mol. The average Bonchev–Trinajstić information content (AvgIpc) is 2.77. The standard InChI is InChI=1S/C12H17NO4/c1-2-5-17-11(16)13-8-9-6-12(13,7-9)4-3-10(14)15/h2,9H,1,3-8H2,(H,14,15). The molecule has 2 aliphatic heterocycles. The topological polar surface area (TPSA) is 66.8 Å². The van der Waals surface area contributed by atoms with Crippen LogP contribution in [-0.4, -0.2) is 40.8 Å². The lowest BCUT2D eigenvalue weighted by molar-refractivity contribution is -0.138. The molecule has 0 unspecified atom stereocenters. The molecule has 0 atom stereocenters. The van der Waals surface area contributed by atoms with Crippen molar-refractivity contribution in [1.29, 1.82) is 0 Å². The van der Waals surface area contributed by atoms with E-state index in [0.29, 0.717) is 18.9 Å². The fourth-order valence-electron chi connectivity index (χ4n) is 2.97. The molecule has 0 radical (unpaired) electrons. The molecule has 0 aromatic rings. The van der Waals surface area contributed by atoms with Crippen LogP contribution in [0.1, 0.15) is 25.7 Å². The molecule has 0 spiro atoms. The molecule has 94 valence electrons. The molecule has 5 nitrogen and oxygen atoms in total. The zero-order valence-electron chi connectivity index (χ0n) is 9.72. The Bertz CT molecular complexity index is 346. The van der Waals surface area contributed by atoms with Gasteiger partial charge in [-0.15, -0.1) is 0 Å². The third-order valence-electron chi connectivity index (χ3n) is 3.70. The van der Waals surface area contributed by atoms with Crippen molar-refractivity contribution >= 4 is 12.1 Å². The number of rotatable bonds is 5. The smallest absolute Gasteiger partial charge is 0.410 e. The fourth-order valence-corrected chi connectivity index (χ4v) is 2.97. The molecule has 2 bridgehead atoms. The van der Waals surface area contributed by atoms with E-state index in [9.17, 15) is 9.59 Å². The Morgan fingerprint density at radius 2 is 2.24 bits per heavy atom. The summed E-state index contributed by atoms with van der Waals surface area (Å²) in [5.41, 5.74) is -0.249. The minimum Gasteiger partial charge on any atom is -0.481 e. The lowest BCUT2D eigenvalue weighted by Crippen LogP contribution is -2.48. The van der Waals surface area contributed by atoms with Crippen molar-refractivity contribution in [1.82, 2.24) is 4.90 Å². The number of carbonyl (C=O) groups excluding carboxylic acids is 1. The Balaban J connectivity index is 1.95. The molecule has 5 heteroatoms. The average molecular weight is 239 g/mol. The quantitative estimate of drug-likeness (QED) is 0.740. The summed E-state index contributed by atoms with van der Waals surface area (Å²) in [7, 11) is 0. The first-order chi connectivity index (χ1) is 8.07. The van der Waals surface area contributed by atoms with Gasteiger partial charge < -0.3 is 14.7 Å². The van der Waals surface area contributed by atoms with E-state index >= 15 is 0 Å². The van der Waals surface area contributed by atoms with Crippen LogP contribution in [0.15, 0.2) is 12.7 Å². The van der Waals surface area contributed by atoms with Crippen LogP contribution in [0.3, 0.4) is 0 Å². The first-order valence-corrected chi connectivity index (χ1v) is 5.84. The number of ether oxygens (including phenoxy) is 1. The number of carbonyl (C=O) groups is 2. The van der Waals surface area contributed by atoms with Crippen LogP contribution in [0.25, 0.3) is 0 Å². The highest BCUT2D eigenvalue weighted by Gasteiger charge is 2.57. The second-order valence-corrected chi connectivity index (χ2v) is 4.87. The Labute approximate surface area is 100 Å². The summed E-state index contributed by atoms with van der Waals surface area (Å²) in [6.45, 7) is 4.40. The fraction of sp³-hybridized carbons (Fsp3) is 0.667. The number of carboxylic acids is 1. The molecule has 1 saturated carbocycles. The van der Waals surface area contributed by atoms with Crippen LogP contribution in [0, 0.1) is 5.92 Å². The van der Waals surface area contributed by atoms with Crippen molar-refractivity contribution in [3.05, 3.63) is 12.7 Å². The van der Waals surface area contributed by atoms with E-state index in [1.807, 2.05) is 0 Å². The zero-order valence-corrected chi connectivity index (χ0v) is 9.72. The van der Waals surface area contributed by atoms with Crippen LogP contribution in [0.5, 0.6) is 0 Å². The predicted octanol–water partition coefficient (Wildman–Crippen LogP) is 1.64. The summed E-state index contributed by atoms with van der Waals surface area (Å²) >= 11 is 0. The van der Waals surface area contributed by atoms with Crippen LogP contribution >= 0.6 is 0 Å². The largest absolute Gasteiger partial charge is 0.481 e. The minimum absolute atomic E-state index is 0.109. The highest BCUT2D eigenvalue weighted by atomic mass is 16.6. The van der Waals surface area contributed by atoms with Gasteiger partial charge in [0.15, 0.2) is 0 Å². The van der Waals surface area contributed by atoms with Crippen LogP contribution in [0.4, 0.5) is 4.79 Å². The molecule has 0 aromatic heterocycles. The van der Waals surface area contributed by atoms with Crippen molar-refractivity contribution in [2.45, 2.75) is 31.2 Å². The summed E-state index contributed by atoms with van der Waals surface area (Å²) in [6.07, 6.45) is 3.67. The molecule has 3 rings (SSSR count). The molecule has 17 heavy (non-hydrogen) atoms. The summed E-state index contributed by atoms with van der Waals surface area (Å²) in [4.78, 5) is 24.1. The molecule has 3 aliphatic rings. The van der Waals surface area contributed by atoms with Gasteiger partial charge >= 0.3 is 12.1 Å². The van der Waals surface area contributed by atoms with Crippen molar-refractivity contribution in [2.24, 2.45) is 5.92 Å². The van der Waals surface area contributed by atoms with Gasteiger partial charge in [-0.3, -0.25) is 4.79 Å². The Morgan fingerprint density at radius 1 is 1.53 bits per heavy atom. The van der Waals surface area contributed by atoms with E-state index in [0.717, 1.165) is 12.8 Å². The molecular formula is C12H17NO4. The van der Waals surface area contributed by atoms with Gasteiger partial charge in [0, 0.05) is 18.5 Å². The van der Waals surface area contributed by atoms with Gasteiger partial charge in [0.25, 0.3) is 0 Å². The first-order valence-electron chi connectivity index (χ1n) is 5.84. The molecule has 1 N–H and O–H groups in total. The van der Waals surface area contributed by atoms with Crippen molar-refractivity contribution in [2.75, 3.05) is 13.2 Å². The van der Waals surface area contributed by atoms with Crippen molar-refractivity contribution in [3.63, 3.8) is 0 Å². The van der Waals surface area contributed by atoms with Gasteiger partial charge in [0.2, 0.25) is 0 Å². The summed E-state index contributed by atoms with van der Waals surface area (Å²) in [6, 6.07) is 0. The van der Waals surface area contributed by atoms with Crippen molar-refractivity contribution in [3.8, 4) is 0 Å². The lowest BCUT2D eigenvalue weighted by atomic mass is 9.71. The molecule has 2 saturated heterocycles. The number of amides is 1. The van der Waals surface area contributed by atoms with Crippen LogP contribution < -0.4 is 0 Å². The Hall–Kier alpha value is -1.52. The minimum atomic E-state index is -0.811. The summed E-state index contributed by atoms with van der Waals surface area (Å²) in [5, 5.41) is 8.72. The third-order valence-corrected chi connectivity index (χ3v) is 3.70. The molecule has 1 amide bonds. The van der Waals surface area contributed by atoms with Gasteiger partial charge in [-0.1, -0.05) is 12.7 Å². The maximum atomic E-state index is 11.8. The van der Waals surface area contributed by atoms with Gasteiger partial charge in [0.05, 0.1) is 0 Å². The van der Waals surface area contributed by atoms with E-state index in [1.54, 1.807) is 4.90 Å². The molecule has 1 aliphatic carbocycles. The highest BCUT2D eigenvalue weighted by Crippen LogP contribution is 2.53. The Kier molecular flexibility index (Phi) is 3.09. The molecule has 3 fully saturated rings. The number of carboxylic acid groups (broad SMARTS) is 1. The summed E-state index contributed by atoms with van der Waals surface area (Å²) in [5.74, 6) is -0.283. The van der Waals surface area contributed by atoms with Crippen LogP contribution in [-0.2, 0) is 9.53 Å². The second kappa shape index (κ2) is 4.39. The van der Waals surface area contributed by atoms with E-state index in [2.05, 4.69) is 6.58 Å². The molecule has 2 heterocycles. The van der Waals surface area contributed by atoms with E-state index < -0.39 is 5.97 Å². The van der Waals surface area contributed by atoms with Crippen LogP contribution in [0.2, 0.25) is 0 Å². The monoisotopic (exact) mass is 239 g/mol. The van der Waals surface area contributed by atoms with Gasteiger partial charge in [-0.25, -0.2) is 4.79 Å². The molecule has 0 aromatic carbocycles. The highest BCUT2D eigenvalue weighted by molar-refractivity contribution is 5.71. The van der Waals surface area contributed by atoms with E-state index in [4.69, 9.17) is 9.84 Å². The number of hydrogen-bond donors (Lipinski definition) is 1. The number of nitrogens with zero attached hydrogens (tertiary/aromatic N) is 1. The zero-order chi connectivity index (χ0) is 12.5.